The number of hydrogen-bond donors (Lipinski definition) is 5. The van der Waals surface area contributed by atoms with Gasteiger partial charge < -0.3 is 70.3 Å². The Hall–Kier alpha value is -7.23. The minimum atomic E-state index is -2.94. The Labute approximate surface area is 523 Å². The van der Waals surface area contributed by atoms with Crippen molar-refractivity contribution in [1.82, 2.24) is 34.9 Å². The Morgan fingerprint density at radius 1 is 0.818 bits per heavy atom. The lowest BCUT2D eigenvalue weighted by Crippen LogP contribution is -2.56. The molecule has 1 saturated carbocycles. The Kier molecular flexibility index (Phi) is 30.4. The van der Waals surface area contributed by atoms with Crippen molar-refractivity contribution >= 4 is 75.5 Å². The number of carbonyl (C=O) groups is 4. The predicted molar refractivity (Wildman–Crippen MR) is 340 cm³/mol. The summed E-state index contributed by atoms with van der Waals surface area (Å²) in [5, 5.41) is 14.7. The monoisotopic (exact) mass is 1260 g/mol. The molecule has 0 radical (unpaired) electrons. The molecule has 4 amide bonds. The number of aliphatic imine (C=N–C) groups is 1. The fourth-order valence-electron chi connectivity index (χ4n) is 9.11. The number of likely N-dealkylation sites (N-methyl/N-ethyl adjacent to an activating group) is 3. The molecule has 2 aliphatic rings. The van der Waals surface area contributed by atoms with Gasteiger partial charge in [0.25, 0.3) is 5.92 Å². The van der Waals surface area contributed by atoms with Gasteiger partial charge in [-0.25, -0.2) is 18.6 Å². The van der Waals surface area contributed by atoms with Crippen LogP contribution in [-0.4, -0.2) is 197 Å². The number of unbranched alkanes of at least 4 members (excludes halogenated alkanes) is 1. The van der Waals surface area contributed by atoms with E-state index in [2.05, 4.69) is 64.8 Å². The van der Waals surface area contributed by atoms with Gasteiger partial charge in [0.05, 0.1) is 76.1 Å². The van der Waals surface area contributed by atoms with Gasteiger partial charge in [-0.05, 0) is 113 Å². The van der Waals surface area contributed by atoms with Crippen molar-refractivity contribution in [3.8, 4) is 11.5 Å². The quantitative estimate of drug-likeness (QED) is 0.00848. The number of nitrogens with two attached hydrogens (primary N) is 2. The third kappa shape index (κ3) is 25.8. The number of anilines is 3. The number of ether oxygens (including phenoxy) is 5. The number of aldehydes is 1. The molecule has 1 aliphatic heterocycles. The highest BCUT2D eigenvalue weighted by atomic mass is 35.5. The zero-order chi connectivity index (χ0) is 62.9. The van der Waals surface area contributed by atoms with Crippen LogP contribution in [-0.2, 0) is 48.0 Å². The molecule has 0 spiro atoms. The molecule has 26 heteroatoms. The smallest absolute Gasteiger partial charge is 0.325 e. The van der Waals surface area contributed by atoms with Gasteiger partial charge in [0.1, 0.15) is 30.4 Å². The fourth-order valence-corrected chi connectivity index (χ4v) is 9.95. The molecule has 7 N–H and O–H groups in total. The number of nitrogen functional groups attached to an aromatic ring is 1. The van der Waals surface area contributed by atoms with Crippen LogP contribution in [0.25, 0.3) is 0 Å². The molecule has 3 heterocycles. The molecule has 7 rings (SSSR count). The maximum absolute atomic E-state index is 14.3. The summed E-state index contributed by atoms with van der Waals surface area (Å²) >= 11 is 7.27. The van der Waals surface area contributed by atoms with Crippen LogP contribution in [0.5, 0.6) is 11.5 Å². The molecule has 5 aromatic rings. The van der Waals surface area contributed by atoms with E-state index in [0.717, 1.165) is 43.3 Å². The van der Waals surface area contributed by atoms with Crippen LogP contribution < -0.4 is 37.0 Å². The number of pyridine rings is 1. The maximum atomic E-state index is 14.3. The third-order valence-corrected chi connectivity index (χ3v) is 15.3. The van der Waals surface area contributed by atoms with Gasteiger partial charge in [-0.1, -0.05) is 35.9 Å². The number of hydrogen-bond acceptors (Lipinski definition) is 19. The van der Waals surface area contributed by atoms with Crippen molar-refractivity contribution in [2.45, 2.75) is 75.9 Å². The number of carbonyl (C=O) groups excluding carboxylic acids is 4. The lowest BCUT2D eigenvalue weighted by molar-refractivity contribution is -0.164. The number of nitrogens with zero attached hydrogens (tertiary/aromatic N) is 8. The summed E-state index contributed by atoms with van der Waals surface area (Å²) in [5.74, 6) is 2.93. The molecular formula is C62H84ClF2N13O9S. The van der Waals surface area contributed by atoms with Crippen molar-refractivity contribution in [3.05, 3.63) is 124 Å². The maximum Gasteiger partial charge on any atom is 0.325 e. The van der Waals surface area contributed by atoms with Crippen molar-refractivity contribution in [2.75, 3.05) is 136 Å². The van der Waals surface area contributed by atoms with E-state index in [1.165, 1.54) is 54.8 Å². The molecule has 1 saturated heterocycles. The Morgan fingerprint density at radius 2 is 1.47 bits per heavy atom. The summed E-state index contributed by atoms with van der Waals surface area (Å²) < 4.78 is 57.4. The van der Waals surface area contributed by atoms with Crippen LogP contribution in [0.2, 0.25) is 5.02 Å². The molecule has 3 aromatic carbocycles. The molecule has 1 unspecified atom stereocenters. The number of alkyl halides is 2. The zero-order valence-corrected chi connectivity index (χ0v) is 52.0. The Morgan fingerprint density at radius 3 is 2.14 bits per heavy atom. The summed E-state index contributed by atoms with van der Waals surface area (Å²) in [5.41, 5.74) is 10.2. The van der Waals surface area contributed by atoms with Crippen LogP contribution in [0.15, 0.2) is 107 Å². The molecule has 2 aromatic heterocycles. The van der Waals surface area contributed by atoms with E-state index < -0.39 is 48.7 Å². The van der Waals surface area contributed by atoms with Crippen LogP contribution in [0.1, 0.15) is 67.0 Å². The number of nitrogens with one attached hydrogen (secondary N) is 3. The molecule has 0 bridgehead atoms. The summed E-state index contributed by atoms with van der Waals surface area (Å²) in [7, 11) is 6.39. The number of thiazole rings is 1. The van der Waals surface area contributed by atoms with Gasteiger partial charge in [-0.3, -0.25) is 24.9 Å². The Balaban J connectivity index is 0.00000142. The van der Waals surface area contributed by atoms with E-state index in [1.807, 2.05) is 31.3 Å². The first-order valence-electron chi connectivity index (χ1n) is 29.4. The number of halogens is 3. The lowest BCUT2D eigenvalue weighted by atomic mass is 9.84. The summed E-state index contributed by atoms with van der Waals surface area (Å²) in [6, 6.07) is 20.3. The average molecular weight is 1260 g/mol. The minimum Gasteiger partial charge on any atom is -0.494 e. The highest BCUT2D eigenvalue weighted by molar-refractivity contribution is 7.14. The highest BCUT2D eigenvalue weighted by Gasteiger charge is 2.52. The lowest BCUT2D eigenvalue weighted by Gasteiger charge is -2.45. The number of benzene rings is 3. The van der Waals surface area contributed by atoms with E-state index in [-0.39, 0.29) is 25.1 Å². The topological polar surface area (TPSA) is 266 Å². The summed E-state index contributed by atoms with van der Waals surface area (Å²) in [4.78, 5) is 71.6. The Bertz CT molecular complexity index is 2920. The second-order valence-electron chi connectivity index (χ2n) is 21.3. The second kappa shape index (κ2) is 38.2. The van der Waals surface area contributed by atoms with Crippen LogP contribution in [0.3, 0.4) is 0 Å². The second-order valence-corrected chi connectivity index (χ2v) is 22.6. The minimum absolute atomic E-state index is 0.0166. The van der Waals surface area contributed by atoms with Crippen LogP contribution >= 0.6 is 22.9 Å². The molecule has 1 aliphatic carbocycles. The number of rotatable bonds is 36. The number of piperazine rings is 1. The molecule has 88 heavy (non-hydrogen) atoms. The van der Waals surface area contributed by atoms with E-state index >= 15 is 0 Å². The van der Waals surface area contributed by atoms with E-state index in [1.54, 1.807) is 66.2 Å². The van der Waals surface area contributed by atoms with Gasteiger partial charge in [-0.15, -0.1) is 11.3 Å². The molecule has 1 atom stereocenters. The van der Waals surface area contributed by atoms with Gasteiger partial charge in [0, 0.05) is 111 Å². The molecule has 22 nitrogen and oxygen atoms in total. The molecule has 2 fully saturated rings. The van der Waals surface area contributed by atoms with Gasteiger partial charge >= 0.3 is 6.03 Å². The summed E-state index contributed by atoms with van der Waals surface area (Å²) in [6.45, 7) is 10.6. The first-order valence-corrected chi connectivity index (χ1v) is 30.7. The number of hydrazone groups is 1. The molecule has 478 valence electrons. The van der Waals surface area contributed by atoms with Gasteiger partial charge in [0.2, 0.25) is 11.8 Å². The standard InChI is InChI=1S/C56H70ClF2N11O9S.C6H14N2/c1-69(24-29-77-31-30-75-27-20-44(68-61)37-63-22-28-76-32-33-79-48-15-11-43(12-16-48)65-54(74)67-55-66-45(19-25-71)39-80-55)23-2-3-26-78-47-13-6-40(7-14-47)8-17-51(72)70(46-34-56(58,59)35-46)52(49-18-21-62-38-50(49)60)53(73)64-36-41-4-9-42(57)10-5-41;1-7-3-5-8(2)6-4-7/h4-7,9-16,18,21,25,37-39,46,52H,2-3,8,17,19-20,22-24,26-36,60-61H2,1H3,(H,64,73)(H2,65,66,67,74);3-6H2,1-2H3/b63-37?,68-44-;. The van der Waals surface area contributed by atoms with Crippen molar-refractivity contribution in [3.63, 3.8) is 0 Å². The average Bonchev–Trinajstić information content (AvgIpc) is 1.77. The number of urea groups is 1. The highest BCUT2D eigenvalue weighted by Crippen LogP contribution is 2.44. The molecular weight excluding hydrogens is 1180 g/mol. The van der Waals surface area contributed by atoms with Gasteiger partial charge in [0.15, 0.2) is 5.13 Å². The van der Waals surface area contributed by atoms with E-state index in [9.17, 15) is 28.0 Å². The zero-order valence-electron chi connectivity index (χ0n) is 50.5. The van der Waals surface area contributed by atoms with Crippen molar-refractivity contribution in [1.29, 1.82) is 0 Å². The first-order chi connectivity index (χ1) is 42.6. The predicted octanol–water partition coefficient (Wildman–Crippen LogP) is 7.63. The van der Waals surface area contributed by atoms with Gasteiger partial charge in [-0.2, -0.15) is 5.10 Å². The third-order valence-electron chi connectivity index (χ3n) is 14.3. The largest absolute Gasteiger partial charge is 0.494 e. The fraction of sp³-hybridized carbons (Fsp3) is 0.484. The number of aromatic nitrogens is 2. The van der Waals surface area contributed by atoms with Crippen molar-refractivity contribution < 1.29 is 51.6 Å². The first kappa shape index (κ1) is 69.9. The van der Waals surface area contributed by atoms with Crippen molar-refractivity contribution in [2.24, 2.45) is 15.9 Å². The number of aryl methyl sites for hydroxylation is 1. The van der Waals surface area contributed by atoms with Crippen LogP contribution in [0.4, 0.5) is 30.1 Å². The van der Waals surface area contributed by atoms with E-state index in [0.29, 0.717) is 117 Å². The van der Waals surface area contributed by atoms with Crippen LogP contribution in [0, 0.1) is 0 Å². The summed E-state index contributed by atoms with van der Waals surface area (Å²) in [6.07, 6.45) is 6.87. The normalized spacial score (nSPS) is 14.8. The van der Waals surface area contributed by atoms with E-state index in [4.69, 9.17) is 46.9 Å². The number of amides is 4. The SMILES string of the molecule is CN(CCCCOc1ccc(CCC(=O)N(C2CC(F)(F)C2)C(C(=O)NCc2ccc(Cl)cc2)c2ccncc2N)cc1)CCOCCOCC/C(C=NCCOCCOc1ccc(NC(=O)Nc2nc(CC=O)cs2)cc1)=N/N.CN1CCN(C)CC1.